The minimum Gasteiger partial charge on any atom is -0.324 e. The predicted octanol–water partition coefficient (Wildman–Crippen LogP) is 4.36. The van der Waals surface area contributed by atoms with E-state index >= 15 is 0 Å². The molecular weight excluding hydrogens is 285 g/mol. The second-order valence-corrected chi connectivity index (χ2v) is 5.22. The molecule has 1 heterocycles. The van der Waals surface area contributed by atoms with E-state index in [4.69, 9.17) is 5.26 Å². The van der Waals surface area contributed by atoms with Gasteiger partial charge in [-0.2, -0.15) is 5.26 Å². The van der Waals surface area contributed by atoms with Crippen molar-refractivity contribution in [1.29, 1.82) is 5.26 Å². The van der Waals surface area contributed by atoms with Crippen LogP contribution in [-0.4, -0.2) is 4.98 Å². The fraction of sp³-hybridized carbons (Fsp3) is 0. The van der Waals surface area contributed by atoms with E-state index in [1.807, 2.05) is 12.1 Å². The van der Waals surface area contributed by atoms with Crippen molar-refractivity contribution in [2.75, 3.05) is 4.72 Å². The maximum atomic E-state index is 13.7. The Morgan fingerprint density at radius 3 is 2.90 bits per heavy atom. The van der Waals surface area contributed by atoms with Crippen molar-refractivity contribution in [1.82, 2.24) is 4.98 Å². The fourth-order valence-electron chi connectivity index (χ4n) is 1.96. The third kappa shape index (κ3) is 2.81. The number of aromatic nitrogens is 1. The van der Waals surface area contributed by atoms with Gasteiger partial charge in [0.25, 0.3) is 0 Å². The second kappa shape index (κ2) is 5.81. The highest BCUT2D eigenvalue weighted by molar-refractivity contribution is 8.00. The monoisotopic (exact) mass is 295 g/mol. The van der Waals surface area contributed by atoms with Crippen molar-refractivity contribution in [2.45, 2.75) is 4.90 Å². The quantitative estimate of drug-likeness (QED) is 0.729. The zero-order valence-electron chi connectivity index (χ0n) is 10.9. The molecule has 0 amide bonds. The summed E-state index contributed by atoms with van der Waals surface area (Å²) in [6.45, 7) is 0. The van der Waals surface area contributed by atoms with E-state index in [-0.39, 0.29) is 5.82 Å². The van der Waals surface area contributed by atoms with Crippen LogP contribution < -0.4 is 4.72 Å². The van der Waals surface area contributed by atoms with Gasteiger partial charge in [0.05, 0.1) is 22.8 Å². The lowest BCUT2D eigenvalue weighted by Crippen LogP contribution is -1.92. The molecule has 3 aromatic rings. The zero-order chi connectivity index (χ0) is 14.7. The molecule has 5 heteroatoms. The van der Waals surface area contributed by atoms with Gasteiger partial charge < -0.3 is 4.72 Å². The number of benzene rings is 2. The van der Waals surface area contributed by atoms with Crippen LogP contribution in [0.2, 0.25) is 0 Å². The molecule has 0 spiro atoms. The lowest BCUT2D eigenvalue weighted by Gasteiger charge is -2.08. The van der Waals surface area contributed by atoms with Crippen LogP contribution in [0.5, 0.6) is 0 Å². The number of nitrogens with one attached hydrogen (secondary N) is 1. The lowest BCUT2D eigenvalue weighted by atomic mass is 10.2. The minimum absolute atomic E-state index is 0.292. The molecule has 0 unspecified atom stereocenters. The van der Waals surface area contributed by atoms with Gasteiger partial charge >= 0.3 is 0 Å². The van der Waals surface area contributed by atoms with Crippen LogP contribution in [0.1, 0.15) is 5.56 Å². The summed E-state index contributed by atoms with van der Waals surface area (Å²) < 4.78 is 16.9. The fourth-order valence-corrected chi connectivity index (χ4v) is 2.69. The molecule has 0 saturated heterocycles. The molecule has 0 fully saturated rings. The van der Waals surface area contributed by atoms with Gasteiger partial charge in [-0.3, -0.25) is 4.98 Å². The number of nitriles is 1. The van der Waals surface area contributed by atoms with E-state index in [1.165, 1.54) is 18.0 Å². The van der Waals surface area contributed by atoms with Crippen molar-refractivity contribution in [2.24, 2.45) is 0 Å². The van der Waals surface area contributed by atoms with Gasteiger partial charge in [-0.1, -0.05) is 6.07 Å². The Morgan fingerprint density at radius 2 is 2.05 bits per heavy atom. The van der Waals surface area contributed by atoms with E-state index in [1.54, 1.807) is 36.5 Å². The average molecular weight is 295 g/mol. The molecule has 102 valence electrons. The lowest BCUT2D eigenvalue weighted by molar-refractivity contribution is 0.639. The van der Waals surface area contributed by atoms with Crippen molar-refractivity contribution < 1.29 is 4.39 Å². The van der Waals surface area contributed by atoms with Crippen molar-refractivity contribution >= 4 is 28.5 Å². The largest absolute Gasteiger partial charge is 0.324 e. The predicted molar refractivity (Wildman–Crippen MR) is 82.3 cm³/mol. The molecule has 0 aliphatic heterocycles. The summed E-state index contributed by atoms with van der Waals surface area (Å²) in [4.78, 5) is 5.12. The van der Waals surface area contributed by atoms with Gasteiger partial charge in [0.1, 0.15) is 5.82 Å². The highest BCUT2D eigenvalue weighted by Gasteiger charge is 2.07. The molecule has 1 aromatic heterocycles. The Morgan fingerprint density at radius 1 is 1.14 bits per heavy atom. The summed E-state index contributed by atoms with van der Waals surface area (Å²) >= 11 is 1.36. The Labute approximate surface area is 125 Å². The number of hydrogen-bond donors (Lipinski definition) is 1. The van der Waals surface area contributed by atoms with Crippen LogP contribution >= 0.6 is 11.9 Å². The van der Waals surface area contributed by atoms with Gasteiger partial charge in [-0.15, -0.1) is 0 Å². The van der Waals surface area contributed by atoms with Gasteiger partial charge in [0.2, 0.25) is 0 Å². The first-order valence-electron chi connectivity index (χ1n) is 6.24. The molecule has 0 aliphatic carbocycles. The zero-order valence-corrected chi connectivity index (χ0v) is 11.7. The molecule has 3 rings (SSSR count). The molecule has 2 aromatic carbocycles. The van der Waals surface area contributed by atoms with E-state index in [9.17, 15) is 4.39 Å². The number of hydrogen-bond acceptors (Lipinski definition) is 4. The van der Waals surface area contributed by atoms with Crippen LogP contribution in [0.15, 0.2) is 59.6 Å². The maximum Gasteiger partial charge on any atom is 0.132 e. The summed E-state index contributed by atoms with van der Waals surface area (Å²) in [7, 11) is 0. The van der Waals surface area contributed by atoms with Gasteiger partial charge in [-0.25, -0.2) is 4.39 Å². The molecule has 21 heavy (non-hydrogen) atoms. The van der Waals surface area contributed by atoms with Crippen LogP contribution in [0, 0.1) is 17.1 Å². The number of halogens is 1. The Hall–Kier alpha value is -2.58. The first-order chi connectivity index (χ1) is 10.3. The Bertz CT molecular complexity index is 842. The average Bonchev–Trinajstić information content (AvgIpc) is 2.55. The maximum absolute atomic E-state index is 13.7. The first kappa shape index (κ1) is 13.4. The molecular formula is C16H10FN3S. The Balaban J connectivity index is 1.89. The number of nitrogens with zero attached hydrogens (tertiary/aromatic N) is 2. The summed E-state index contributed by atoms with van der Waals surface area (Å²) in [6.07, 6.45) is 1.63. The van der Waals surface area contributed by atoms with Gasteiger partial charge in [0.15, 0.2) is 0 Å². The highest BCUT2D eigenvalue weighted by atomic mass is 32.2. The van der Waals surface area contributed by atoms with Crippen molar-refractivity contribution in [3.8, 4) is 6.07 Å². The number of anilines is 1. The van der Waals surface area contributed by atoms with Crippen molar-refractivity contribution in [3.05, 3.63) is 66.1 Å². The van der Waals surface area contributed by atoms with E-state index in [0.29, 0.717) is 16.5 Å². The number of rotatable bonds is 3. The Kier molecular flexibility index (Phi) is 3.71. The smallest absolute Gasteiger partial charge is 0.132 e. The second-order valence-electron chi connectivity index (χ2n) is 4.34. The SMILES string of the molecule is N#Cc1cccc(SNc2ccc(F)c3cccnc23)c1. The summed E-state index contributed by atoms with van der Waals surface area (Å²) in [6, 6.07) is 15.8. The molecule has 3 nitrogen and oxygen atoms in total. The highest BCUT2D eigenvalue weighted by Crippen LogP contribution is 2.28. The molecule has 1 N–H and O–H groups in total. The standard InChI is InChI=1S/C16H10FN3S/c17-14-6-7-15(16-13(14)5-2-8-19-16)20-21-12-4-1-3-11(9-12)10-18/h1-9,20H. The third-order valence-electron chi connectivity index (χ3n) is 2.96. The van der Waals surface area contributed by atoms with Crippen molar-refractivity contribution in [3.63, 3.8) is 0 Å². The van der Waals surface area contributed by atoms with Crippen LogP contribution in [0.4, 0.5) is 10.1 Å². The van der Waals surface area contributed by atoms with E-state index in [0.717, 1.165) is 10.6 Å². The molecule has 0 radical (unpaired) electrons. The summed E-state index contributed by atoms with van der Waals surface area (Å²) in [5.74, 6) is -0.292. The molecule has 0 aliphatic rings. The van der Waals surface area contributed by atoms with E-state index < -0.39 is 0 Å². The number of fused-ring (bicyclic) bond motifs is 1. The van der Waals surface area contributed by atoms with Gasteiger partial charge in [0, 0.05) is 16.5 Å². The minimum atomic E-state index is -0.292. The van der Waals surface area contributed by atoms with Crippen LogP contribution in [0.25, 0.3) is 10.9 Å². The van der Waals surface area contributed by atoms with Crippen LogP contribution in [-0.2, 0) is 0 Å². The normalized spacial score (nSPS) is 10.3. The van der Waals surface area contributed by atoms with Crippen LogP contribution in [0.3, 0.4) is 0 Å². The topological polar surface area (TPSA) is 48.7 Å². The van der Waals surface area contributed by atoms with Gasteiger partial charge in [-0.05, 0) is 54.4 Å². The summed E-state index contributed by atoms with van der Waals surface area (Å²) in [5.41, 5.74) is 1.92. The molecule has 0 saturated carbocycles. The molecule has 0 bridgehead atoms. The third-order valence-corrected chi connectivity index (χ3v) is 3.77. The number of pyridine rings is 1. The first-order valence-corrected chi connectivity index (χ1v) is 7.06. The van der Waals surface area contributed by atoms with E-state index in [2.05, 4.69) is 15.8 Å². The summed E-state index contributed by atoms with van der Waals surface area (Å²) in [5, 5.41) is 9.37. The molecule has 0 atom stereocenters.